The van der Waals surface area contributed by atoms with Gasteiger partial charge in [0.2, 0.25) is 11.6 Å². The first-order chi connectivity index (χ1) is 15.4. The number of Topliss-reactive ketones (excluding diaryl/α,β-unsaturated/α-hetero) is 2. The summed E-state index contributed by atoms with van der Waals surface area (Å²) in [5.41, 5.74) is 5.72. The van der Waals surface area contributed by atoms with E-state index in [1.54, 1.807) is 14.0 Å². The summed E-state index contributed by atoms with van der Waals surface area (Å²) in [7, 11) is 1.56. The maximum atomic E-state index is 13.7. The van der Waals surface area contributed by atoms with Crippen molar-refractivity contribution in [1.82, 2.24) is 25.8 Å². The highest BCUT2D eigenvalue weighted by molar-refractivity contribution is 6.25. The second kappa shape index (κ2) is 7.84. The zero-order valence-electron chi connectivity index (χ0n) is 18.4. The van der Waals surface area contributed by atoms with E-state index in [2.05, 4.69) is 20.9 Å². The van der Waals surface area contributed by atoms with Crippen molar-refractivity contribution in [3.63, 3.8) is 0 Å². The Labute approximate surface area is 186 Å². The molecule has 5 aliphatic rings. The molecule has 4 heterocycles. The predicted octanol–water partition coefficient (Wildman–Crippen LogP) is -2.12. The van der Waals surface area contributed by atoms with Crippen LogP contribution < -0.4 is 21.7 Å². The fraction of sp³-hybridized carbons (Fsp3) is 0.667. The molecule has 5 rings (SSSR count). The standard InChI is InChI=1S/C21H30N6O5/c1-11-15(24-5-8-26-6-3-23-4-7-26)18(29)14-12(10-32-20(22)30)21(31-2)19-13(25-19)9-27(21)16(14)17(11)28/h12-13,19,23-25H,3-10H2,1-2H3,(H2,22,30)/t12?,13?,19?,21-/m1/s1. The topological polar surface area (TPSA) is 148 Å². The van der Waals surface area contributed by atoms with E-state index in [4.69, 9.17) is 15.2 Å². The number of rotatable bonds is 7. The Balaban J connectivity index is 1.41. The van der Waals surface area contributed by atoms with Crippen LogP contribution in [0.2, 0.25) is 0 Å². The first-order valence-electron chi connectivity index (χ1n) is 11.1. The van der Waals surface area contributed by atoms with Crippen molar-refractivity contribution in [3.8, 4) is 0 Å². The summed E-state index contributed by atoms with van der Waals surface area (Å²) in [6, 6.07) is 0.121. The van der Waals surface area contributed by atoms with Crippen molar-refractivity contribution >= 4 is 17.7 Å². The second-order valence-electron chi connectivity index (χ2n) is 8.94. The molecule has 3 saturated heterocycles. The molecule has 0 radical (unpaired) electrons. The lowest BCUT2D eigenvalue weighted by atomic mass is 9.82. The zero-order chi connectivity index (χ0) is 22.6. The number of nitrogens with two attached hydrogens (primary N) is 1. The van der Waals surface area contributed by atoms with E-state index in [0.29, 0.717) is 35.6 Å². The fourth-order valence-electron chi connectivity index (χ4n) is 5.78. The molecule has 5 N–H and O–H groups in total. The fourth-order valence-corrected chi connectivity index (χ4v) is 5.78. The van der Waals surface area contributed by atoms with Crippen LogP contribution in [0.1, 0.15) is 6.92 Å². The normalized spacial score (nSPS) is 33.9. The number of carbonyl (C=O) groups excluding carboxylic acids is 3. The SMILES string of the molecule is CO[C@@]12C(COC(N)=O)C3=C(C(=O)C(C)=C(NCCN4CCNCC4)C3=O)N1CC1NC12. The number of ketones is 2. The quantitative estimate of drug-likeness (QED) is 0.253. The average Bonchev–Trinajstić information content (AvgIpc) is 3.40. The molecule has 174 valence electrons. The molecule has 4 atom stereocenters. The van der Waals surface area contributed by atoms with Gasteiger partial charge in [-0.25, -0.2) is 4.79 Å². The summed E-state index contributed by atoms with van der Waals surface area (Å²) >= 11 is 0. The highest BCUT2D eigenvalue weighted by Crippen LogP contribution is 2.55. The number of hydrogen-bond acceptors (Lipinski definition) is 10. The van der Waals surface area contributed by atoms with Crippen molar-refractivity contribution in [1.29, 1.82) is 0 Å². The van der Waals surface area contributed by atoms with E-state index in [-0.39, 0.29) is 30.3 Å². The summed E-state index contributed by atoms with van der Waals surface area (Å²) in [6.07, 6.45) is -0.925. The highest BCUT2D eigenvalue weighted by Gasteiger charge is 2.72. The summed E-state index contributed by atoms with van der Waals surface area (Å²) < 4.78 is 11.1. The molecule has 0 aromatic heterocycles. The van der Waals surface area contributed by atoms with Crippen LogP contribution in [0.4, 0.5) is 4.79 Å². The Hall–Kier alpha value is -2.47. The Morgan fingerprint density at radius 1 is 1.28 bits per heavy atom. The number of ether oxygens (including phenoxy) is 2. The number of methoxy groups -OCH3 is 1. The molecule has 0 aromatic rings. The van der Waals surface area contributed by atoms with Gasteiger partial charge in [-0.3, -0.25) is 14.5 Å². The van der Waals surface area contributed by atoms with Crippen molar-refractivity contribution < 1.29 is 23.9 Å². The minimum Gasteiger partial charge on any atom is -0.449 e. The Bertz CT molecular complexity index is 926. The highest BCUT2D eigenvalue weighted by atomic mass is 16.6. The third kappa shape index (κ3) is 3.06. The number of carbonyl (C=O) groups is 3. The molecule has 4 aliphatic heterocycles. The van der Waals surface area contributed by atoms with E-state index in [1.165, 1.54) is 0 Å². The van der Waals surface area contributed by atoms with Gasteiger partial charge in [0.05, 0.1) is 23.4 Å². The Morgan fingerprint density at radius 2 is 2.03 bits per heavy atom. The van der Waals surface area contributed by atoms with Crippen LogP contribution in [0.3, 0.4) is 0 Å². The molecule has 0 spiro atoms. The van der Waals surface area contributed by atoms with Gasteiger partial charge in [-0.05, 0) is 6.92 Å². The van der Waals surface area contributed by atoms with E-state index < -0.39 is 17.7 Å². The maximum Gasteiger partial charge on any atom is 0.404 e. The van der Waals surface area contributed by atoms with Crippen LogP contribution in [0.25, 0.3) is 0 Å². The van der Waals surface area contributed by atoms with Crippen molar-refractivity contribution in [3.05, 3.63) is 22.5 Å². The monoisotopic (exact) mass is 446 g/mol. The smallest absolute Gasteiger partial charge is 0.404 e. The van der Waals surface area contributed by atoms with Crippen molar-refractivity contribution in [2.24, 2.45) is 11.7 Å². The molecular formula is C21H30N6O5. The minimum atomic E-state index is -0.952. The van der Waals surface area contributed by atoms with Crippen LogP contribution in [0.5, 0.6) is 0 Å². The predicted molar refractivity (Wildman–Crippen MR) is 113 cm³/mol. The van der Waals surface area contributed by atoms with Crippen molar-refractivity contribution in [2.75, 3.05) is 59.5 Å². The van der Waals surface area contributed by atoms with Crippen LogP contribution in [-0.4, -0.2) is 105 Å². The van der Waals surface area contributed by atoms with E-state index in [0.717, 1.165) is 32.7 Å². The van der Waals surface area contributed by atoms with Crippen LogP contribution in [0, 0.1) is 5.92 Å². The van der Waals surface area contributed by atoms with E-state index in [1.807, 2.05) is 4.90 Å². The average molecular weight is 447 g/mol. The van der Waals surface area contributed by atoms with Crippen LogP contribution in [0.15, 0.2) is 22.5 Å². The lowest BCUT2D eigenvalue weighted by Crippen LogP contribution is -2.55. The molecule has 32 heavy (non-hydrogen) atoms. The second-order valence-corrected chi connectivity index (χ2v) is 8.94. The minimum absolute atomic E-state index is 0.0513. The molecular weight excluding hydrogens is 416 g/mol. The van der Waals surface area contributed by atoms with Gasteiger partial charge >= 0.3 is 6.09 Å². The first kappa shape index (κ1) is 21.4. The third-order valence-electron chi connectivity index (χ3n) is 7.37. The number of primary amides is 1. The number of nitrogens with zero attached hydrogens (tertiary/aromatic N) is 2. The molecule has 11 nitrogen and oxygen atoms in total. The van der Waals surface area contributed by atoms with Crippen molar-refractivity contribution in [2.45, 2.75) is 24.7 Å². The molecule has 11 heteroatoms. The molecule has 3 fully saturated rings. The Kier molecular flexibility index (Phi) is 5.24. The molecule has 1 aliphatic carbocycles. The van der Waals surface area contributed by atoms with Gasteiger partial charge in [-0.1, -0.05) is 0 Å². The van der Waals surface area contributed by atoms with Crippen LogP contribution in [-0.2, 0) is 19.1 Å². The number of allylic oxidation sites excluding steroid dienone is 2. The zero-order valence-corrected chi connectivity index (χ0v) is 18.4. The van der Waals surface area contributed by atoms with E-state index >= 15 is 0 Å². The Morgan fingerprint density at radius 3 is 2.72 bits per heavy atom. The maximum absolute atomic E-state index is 13.7. The third-order valence-corrected chi connectivity index (χ3v) is 7.37. The summed E-state index contributed by atoms with van der Waals surface area (Å²) in [5.74, 6) is -1.04. The molecule has 0 saturated carbocycles. The van der Waals surface area contributed by atoms with Gasteiger partial charge in [0, 0.05) is 70.1 Å². The van der Waals surface area contributed by atoms with Gasteiger partial charge in [0.1, 0.15) is 6.61 Å². The van der Waals surface area contributed by atoms with Gasteiger partial charge in [0.25, 0.3) is 0 Å². The number of amides is 1. The summed E-state index contributed by atoms with van der Waals surface area (Å²) in [5, 5.41) is 9.89. The summed E-state index contributed by atoms with van der Waals surface area (Å²) in [4.78, 5) is 42.7. The number of fused-ring (bicyclic) bond motifs is 4. The van der Waals surface area contributed by atoms with Gasteiger partial charge in [-0.15, -0.1) is 0 Å². The number of hydrogen-bond donors (Lipinski definition) is 4. The van der Waals surface area contributed by atoms with Gasteiger partial charge in [0.15, 0.2) is 5.72 Å². The molecule has 1 amide bonds. The number of nitrogens with one attached hydrogen (secondary N) is 3. The largest absolute Gasteiger partial charge is 0.449 e. The number of piperazine rings is 2. The first-order valence-corrected chi connectivity index (χ1v) is 11.1. The molecule has 0 aromatic carbocycles. The van der Waals surface area contributed by atoms with E-state index in [9.17, 15) is 14.4 Å². The van der Waals surface area contributed by atoms with Gasteiger partial charge < -0.3 is 36.1 Å². The molecule has 3 unspecified atom stereocenters. The lowest BCUT2D eigenvalue weighted by Gasteiger charge is -2.39. The summed E-state index contributed by atoms with van der Waals surface area (Å²) in [6.45, 7) is 7.25. The molecule has 0 bridgehead atoms. The van der Waals surface area contributed by atoms with Gasteiger partial charge in [-0.2, -0.15) is 0 Å². The van der Waals surface area contributed by atoms with Crippen LogP contribution >= 0.6 is 0 Å². The lowest BCUT2D eigenvalue weighted by molar-refractivity contribution is -0.137.